The van der Waals surface area contributed by atoms with Gasteiger partial charge in [0.15, 0.2) is 9.84 Å². The molecule has 0 bridgehead atoms. The van der Waals surface area contributed by atoms with E-state index in [9.17, 15) is 52.7 Å². The van der Waals surface area contributed by atoms with Crippen LogP contribution in [0.1, 0.15) is 6.92 Å². The summed E-state index contributed by atoms with van der Waals surface area (Å²) in [4.78, 5) is 10.2. The van der Waals surface area contributed by atoms with Gasteiger partial charge in [-0.25, -0.2) is 12.6 Å². The fraction of sp³-hybridized carbons (Fsp3) is 0.115. The van der Waals surface area contributed by atoms with Gasteiger partial charge in [-0.3, -0.25) is 18.5 Å². The third-order valence-electron chi connectivity index (χ3n) is 6.35. The lowest BCUT2D eigenvalue weighted by molar-refractivity contribution is -0.114. The summed E-state index contributed by atoms with van der Waals surface area (Å²) in [5, 5.41) is 28.4. The molecule has 7 N–H and O–H groups in total. The number of fused-ring (bicyclic) bond motifs is 1. The lowest BCUT2D eigenvalue weighted by atomic mass is 10.1. The number of rotatable bonds is 12. The molecule has 0 atom stereocenters. The van der Waals surface area contributed by atoms with Gasteiger partial charge in [-0.1, -0.05) is 6.07 Å². The number of azo groups is 2. The molecule has 4 aromatic carbocycles. The lowest BCUT2D eigenvalue weighted by Gasteiger charge is -2.11. The summed E-state index contributed by atoms with van der Waals surface area (Å²) in [6, 6.07) is 10.6. The Morgan fingerprint density at radius 2 is 1.42 bits per heavy atom. The van der Waals surface area contributed by atoms with Gasteiger partial charge in [0.05, 0.1) is 44.6 Å². The van der Waals surface area contributed by atoms with Crippen molar-refractivity contribution in [3.63, 3.8) is 0 Å². The zero-order chi connectivity index (χ0) is 37.2. The second-order valence-electron chi connectivity index (χ2n) is 9.97. The van der Waals surface area contributed by atoms with E-state index >= 15 is 0 Å². The van der Waals surface area contributed by atoms with Gasteiger partial charge in [0.25, 0.3) is 20.2 Å². The Morgan fingerprint density at radius 3 is 2.00 bits per heavy atom. The highest BCUT2D eigenvalue weighted by Gasteiger charge is 2.22. The van der Waals surface area contributed by atoms with Crippen molar-refractivity contribution in [1.29, 1.82) is 0 Å². The standard InChI is InChI=1S/C26H24N6O14S4/c1-14(33)28-20-12-22(31-32-26-19(27)7-2-15-10-18(48(37,38)39)11-23(34)25(15)26)24(49(40,41)42)13-21(20)30-29-16-3-5-17(6-4-16)47(35,36)9-8-46-50(43,44)45/h2-7,10-13,34H,8-9,27H2,1H3,(H,28,33)(H,37,38,39)(H,40,41,42)(H,43,44,45). The molecule has 0 spiro atoms. The number of nitrogens with zero attached hydrogens (tertiary/aromatic N) is 4. The molecule has 0 unspecified atom stereocenters. The fourth-order valence-corrected chi connectivity index (χ4v) is 6.84. The van der Waals surface area contributed by atoms with Crippen LogP contribution in [0.25, 0.3) is 10.8 Å². The van der Waals surface area contributed by atoms with Crippen LogP contribution in [0.3, 0.4) is 0 Å². The molecule has 0 heterocycles. The summed E-state index contributed by atoms with van der Waals surface area (Å²) in [5.74, 6) is -2.13. The van der Waals surface area contributed by atoms with Crippen LogP contribution in [0.4, 0.5) is 34.1 Å². The molecule has 24 heteroatoms. The summed E-state index contributed by atoms with van der Waals surface area (Å²) < 4.78 is 126. The van der Waals surface area contributed by atoms with E-state index in [1.54, 1.807) is 0 Å². The first-order chi connectivity index (χ1) is 23.0. The van der Waals surface area contributed by atoms with Gasteiger partial charge in [-0.05, 0) is 53.9 Å². The number of anilines is 2. The number of nitrogens with one attached hydrogen (secondary N) is 1. The Labute approximate surface area is 283 Å². The van der Waals surface area contributed by atoms with Crippen molar-refractivity contribution in [2.75, 3.05) is 23.4 Å². The Balaban J connectivity index is 1.75. The molecule has 0 fully saturated rings. The second kappa shape index (κ2) is 14.1. The number of aromatic hydroxyl groups is 1. The quantitative estimate of drug-likeness (QED) is 0.0673. The number of sulfone groups is 1. The molecule has 0 aliphatic carbocycles. The van der Waals surface area contributed by atoms with Crippen molar-refractivity contribution in [3.8, 4) is 5.75 Å². The Hall–Kier alpha value is -4.95. The van der Waals surface area contributed by atoms with Crippen molar-refractivity contribution in [2.45, 2.75) is 21.6 Å². The number of benzene rings is 4. The lowest BCUT2D eigenvalue weighted by Crippen LogP contribution is -2.15. The van der Waals surface area contributed by atoms with E-state index in [1.165, 1.54) is 24.3 Å². The highest BCUT2D eigenvalue weighted by Crippen LogP contribution is 2.42. The molecule has 0 saturated carbocycles. The van der Waals surface area contributed by atoms with E-state index in [2.05, 4.69) is 30.0 Å². The minimum absolute atomic E-state index is 0.0208. The number of hydrogen-bond donors (Lipinski definition) is 6. The minimum atomic E-state index is -5.08. The van der Waals surface area contributed by atoms with Gasteiger partial charge >= 0.3 is 10.4 Å². The number of nitrogens with two attached hydrogens (primary N) is 1. The molecule has 0 saturated heterocycles. The van der Waals surface area contributed by atoms with Gasteiger partial charge in [0.1, 0.15) is 27.7 Å². The van der Waals surface area contributed by atoms with E-state index in [1.807, 2.05) is 0 Å². The van der Waals surface area contributed by atoms with Crippen molar-refractivity contribution < 1.29 is 61.4 Å². The maximum atomic E-state index is 12.4. The summed E-state index contributed by atoms with van der Waals surface area (Å²) >= 11 is 0. The first-order valence-electron chi connectivity index (χ1n) is 13.3. The Morgan fingerprint density at radius 1 is 0.780 bits per heavy atom. The number of carbonyl (C=O) groups excluding carboxylic acids is 1. The van der Waals surface area contributed by atoms with Crippen LogP contribution in [0.2, 0.25) is 0 Å². The minimum Gasteiger partial charge on any atom is -0.507 e. The van der Waals surface area contributed by atoms with E-state index in [0.717, 1.165) is 43.3 Å². The number of amides is 1. The first-order valence-corrected chi connectivity index (χ1v) is 19.2. The highest BCUT2D eigenvalue weighted by molar-refractivity contribution is 7.91. The van der Waals surface area contributed by atoms with Crippen LogP contribution in [-0.2, 0) is 49.5 Å². The largest absolute Gasteiger partial charge is 0.507 e. The summed E-state index contributed by atoms with van der Waals surface area (Å²) in [6.45, 7) is 0.259. The van der Waals surface area contributed by atoms with Crippen LogP contribution >= 0.6 is 0 Å². The van der Waals surface area contributed by atoms with E-state index in [-0.39, 0.29) is 44.1 Å². The number of phenolic OH excluding ortho intramolecular Hbond substituents is 1. The molecule has 0 aromatic heterocycles. The maximum Gasteiger partial charge on any atom is 0.397 e. The molecule has 4 aromatic rings. The Kier molecular flexibility index (Phi) is 10.7. The number of nitrogen functional groups attached to an aromatic ring is 1. The molecule has 0 aliphatic heterocycles. The van der Waals surface area contributed by atoms with Crippen LogP contribution in [0.5, 0.6) is 5.75 Å². The topological polar surface area (TPSA) is 331 Å². The van der Waals surface area contributed by atoms with Gasteiger partial charge in [0.2, 0.25) is 5.91 Å². The third kappa shape index (κ3) is 9.39. The second-order valence-corrected chi connectivity index (χ2v) is 16.0. The van der Waals surface area contributed by atoms with Crippen LogP contribution in [0, 0.1) is 0 Å². The molecular weight excluding hydrogens is 749 g/mol. The summed E-state index contributed by atoms with van der Waals surface area (Å²) in [6.07, 6.45) is 0. The molecular formula is C26H24N6O14S4. The molecule has 266 valence electrons. The normalized spacial score (nSPS) is 13.0. The first kappa shape index (κ1) is 37.9. The SMILES string of the molecule is CC(=O)Nc1cc(N=Nc2c(N)ccc3cc(S(=O)(=O)O)cc(O)c23)c(S(=O)(=O)O)cc1N=Nc1ccc(S(=O)(=O)CCOS(=O)(=O)O)cc1. The van der Waals surface area contributed by atoms with Crippen LogP contribution in [0.15, 0.2) is 95.8 Å². The zero-order valence-corrected chi connectivity index (χ0v) is 28.3. The number of carbonyl (C=O) groups is 1. The fourth-order valence-electron chi connectivity index (χ4n) is 4.19. The van der Waals surface area contributed by atoms with Crippen molar-refractivity contribution in [3.05, 3.63) is 60.7 Å². The molecule has 20 nitrogen and oxygen atoms in total. The molecule has 50 heavy (non-hydrogen) atoms. The number of hydrogen-bond acceptors (Lipinski definition) is 16. The van der Waals surface area contributed by atoms with Crippen molar-refractivity contribution >= 4 is 91.3 Å². The average molecular weight is 773 g/mol. The molecule has 4 rings (SSSR count). The predicted octanol–water partition coefficient (Wildman–Crippen LogP) is 4.00. The van der Waals surface area contributed by atoms with Gasteiger partial charge < -0.3 is 16.2 Å². The summed E-state index contributed by atoms with van der Waals surface area (Å²) in [7, 11) is -18.7. The van der Waals surface area contributed by atoms with Gasteiger partial charge in [0, 0.05) is 13.0 Å². The predicted molar refractivity (Wildman–Crippen MR) is 175 cm³/mol. The summed E-state index contributed by atoms with van der Waals surface area (Å²) in [5.41, 5.74) is 4.57. The number of phenols is 1. The van der Waals surface area contributed by atoms with E-state index in [4.69, 9.17) is 10.3 Å². The molecule has 0 aliphatic rings. The maximum absolute atomic E-state index is 12.4. The van der Waals surface area contributed by atoms with E-state index < -0.39 is 80.0 Å². The zero-order valence-electron chi connectivity index (χ0n) is 25.1. The van der Waals surface area contributed by atoms with Crippen molar-refractivity contribution in [1.82, 2.24) is 0 Å². The smallest absolute Gasteiger partial charge is 0.397 e. The van der Waals surface area contributed by atoms with E-state index in [0.29, 0.717) is 0 Å². The third-order valence-corrected chi connectivity index (χ3v) is 10.2. The average Bonchev–Trinajstić information content (AvgIpc) is 2.98. The van der Waals surface area contributed by atoms with Gasteiger partial charge in [-0.2, -0.15) is 30.4 Å². The van der Waals surface area contributed by atoms with Crippen molar-refractivity contribution in [2.24, 2.45) is 20.5 Å². The van der Waals surface area contributed by atoms with Crippen LogP contribution < -0.4 is 11.1 Å². The van der Waals surface area contributed by atoms with Gasteiger partial charge in [-0.15, -0.1) is 15.3 Å². The highest BCUT2D eigenvalue weighted by atomic mass is 32.3. The molecule has 0 radical (unpaired) electrons. The van der Waals surface area contributed by atoms with Crippen LogP contribution in [-0.4, -0.2) is 70.7 Å². The Bertz CT molecular complexity index is 2520. The monoisotopic (exact) mass is 772 g/mol. The molecule has 1 amide bonds.